The zero-order chi connectivity index (χ0) is 22.7. The Morgan fingerprint density at radius 1 is 1.18 bits per heavy atom. The fourth-order valence-corrected chi connectivity index (χ4v) is 5.29. The molecule has 1 N–H and O–H groups in total. The summed E-state index contributed by atoms with van der Waals surface area (Å²) in [6.45, 7) is 3.93. The molecule has 4 heterocycles. The molecule has 176 valence electrons. The third kappa shape index (κ3) is 3.59. The monoisotopic (exact) mass is 498 g/mol. The van der Waals surface area contributed by atoms with Crippen LogP contribution in [0.1, 0.15) is 46.1 Å². The number of anilines is 1. The number of nitrogens with zero attached hydrogens (tertiary/aromatic N) is 3. The van der Waals surface area contributed by atoms with Crippen molar-refractivity contribution in [3.05, 3.63) is 74.4 Å². The number of aromatic nitrogens is 3. The van der Waals surface area contributed by atoms with Gasteiger partial charge in [0.15, 0.2) is 0 Å². The van der Waals surface area contributed by atoms with Gasteiger partial charge in [-0.3, -0.25) is 14.0 Å². The first kappa shape index (κ1) is 22.9. The van der Waals surface area contributed by atoms with Crippen molar-refractivity contribution in [3.8, 4) is 0 Å². The number of H-pyrrole nitrogens is 1. The number of hydrogen-bond donors (Lipinski definition) is 1. The van der Waals surface area contributed by atoms with Crippen LogP contribution in [-0.2, 0) is 11.2 Å². The summed E-state index contributed by atoms with van der Waals surface area (Å²) in [5, 5.41) is 0.608. The van der Waals surface area contributed by atoms with Crippen molar-refractivity contribution < 1.29 is 9.53 Å². The van der Waals surface area contributed by atoms with Gasteiger partial charge in [0, 0.05) is 41.9 Å². The molecule has 0 unspecified atom stereocenters. The van der Waals surface area contributed by atoms with Gasteiger partial charge in [0.25, 0.3) is 11.5 Å². The Labute approximate surface area is 207 Å². The van der Waals surface area contributed by atoms with Gasteiger partial charge < -0.3 is 14.6 Å². The average Bonchev–Trinajstić information content (AvgIpc) is 3.44. The van der Waals surface area contributed by atoms with Crippen LogP contribution in [0.4, 0.5) is 5.69 Å². The zero-order valence-corrected chi connectivity index (χ0v) is 20.2. The molecule has 7 nitrogen and oxygen atoms in total. The van der Waals surface area contributed by atoms with Crippen LogP contribution in [0.3, 0.4) is 0 Å². The molecule has 0 spiro atoms. The Kier molecular flexibility index (Phi) is 5.88. The lowest BCUT2D eigenvalue weighted by Crippen LogP contribution is -2.29. The van der Waals surface area contributed by atoms with Crippen LogP contribution in [0.2, 0.25) is 5.02 Å². The molecule has 0 radical (unpaired) electrons. The molecule has 1 fully saturated rings. The number of hydrogen-bond acceptors (Lipinski definition) is 4. The largest absolute Gasteiger partial charge is 0.381 e. The van der Waals surface area contributed by atoms with Crippen LogP contribution < -0.4 is 10.5 Å². The number of benzene rings is 2. The SMILES string of the molecule is Cc1cc2c(cc1C(=O)N1CCc3ccc(Cl)cc31)[nH]c(=O)c1cnc(C3CCOCC3)n12.Cl. The van der Waals surface area contributed by atoms with E-state index in [0.717, 1.165) is 47.4 Å². The molecule has 2 aromatic carbocycles. The molecule has 2 aliphatic heterocycles. The number of carbonyl (C=O) groups is 1. The summed E-state index contributed by atoms with van der Waals surface area (Å²) < 4.78 is 7.46. The molecule has 1 saturated heterocycles. The molecular formula is C25H24Cl2N4O3. The molecule has 34 heavy (non-hydrogen) atoms. The topological polar surface area (TPSA) is 79.7 Å². The van der Waals surface area contributed by atoms with E-state index in [0.29, 0.717) is 41.4 Å². The summed E-state index contributed by atoms with van der Waals surface area (Å²) in [6, 6.07) is 9.44. The number of carbonyl (C=O) groups excluding carboxylic acids is 1. The summed E-state index contributed by atoms with van der Waals surface area (Å²) in [6.07, 6.45) is 4.19. The van der Waals surface area contributed by atoms with Crippen molar-refractivity contribution in [1.29, 1.82) is 0 Å². The smallest absolute Gasteiger partial charge is 0.274 e. The molecule has 1 amide bonds. The highest BCUT2D eigenvalue weighted by Gasteiger charge is 2.28. The average molecular weight is 499 g/mol. The van der Waals surface area contributed by atoms with Crippen LogP contribution in [0, 0.1) is 6.92 Å². The predicted molar refractivity (Wildman–Crippen MR) is 135 cm³/mol. The standard InChI is InChI=1S/C25H23ClN4O3.ClH/c1-14-10-21-19(12-18(14)25(32)29-7-4-15-2-3-17(26)11-20(15)29)28-24(31)22-13-27-23(30(21)22)16-5-8-33-9-6-16;/h2-3,10-13,16H,4-9H2,1H3,(H,28,31);1H. The van der Waals surface area contributed by atoms with E-state index in [2.05, 4.69) is 9.97 Å². The molecule has 0 aliphatic carbocycles. The molecule has 6 rings (SSSR count). The lowest BCUT2D eigenvalue weighted by atomic mass is 9.99. The summed E-state index contributed by atoms with van der Waals surface area (Å²) >= 11 is 6.20. The summed E-state index contributed by atoms with van der Waals surface area (Å²) in [4.78, 5) is 35.8. The lowest BCUT2D eigenvalue weighted by Gasteiger charge is -2.22. The minimum absolute atomic E-state index is 0. The second kappa shape index (κ2) is 8.73. The maximum absolute atomic E-state index is 13.6. The number of nitrogens with one attached hydrogen (secondary N) is 1. The molecular weight excluding hydrogens is 475 g/mol. The molecule has 4 aromatic rings. The first-order valence-corrected chi connectivity index (χ1v) is 11.6. The molecule has 0 atom stereocenters. The Morgan fingerprint density at radius 3 is 2.76 bits per heavy atom. The number of imidazole rings is 1. The first-order valence-electron chi connectivity index (χ1n) is 11.2. The van der Waals surface area contributed by atoms with E-state index in [4.69, 9.17) is 16.3 Å². The molecule has 2 aromatic heterocycles. The highest BCUT2D eigenvalue weighted by molar-refractivity contribution is 6.31. The molecule has 2 aliphatic rings. The van der Waals surface area contributed by atoms with Gasteiger partial charge in [-0.25, -0.2) is 4.98 Å². The number of rotatable bonds is 2. The van der Waals surface area contributed by atoms with Gasteiger partial charge in [-0.15, -0.1) is 12.4 Å². The van der Waals surface area contributed by atoms with E-state index in [1.165, 1.54) is 0 Å². The van der Waals surface area contributed by atoms with Crippen molar-refractivity contribution in [2.24, 2.45) is 0 Å². The second-order valence-electron chi connectivity index (χ2n) is 8.84. The maximum Gasteiger partial charge on any atom is 0.274 e. The molecule has 0 bridgehead atoms. The first-order chi connectivity index (χ1) is 16.0. The van der Waals surface area contributed by atoms with Crippen LogP contribution in [-0.4, -0.2) is 40.0 Å². The number of aryl methyl sites for hydroxylation is 1. The van der Waals surface area contributed by atoms with Gasteiger partial charge in [-0.1, -0.05) is 17.7 Å². The maximum atomic E-state index is 13.6. The van der Waals surface area contributed by atoms with Crippen molar-refractivity contribution in [3.63, 3.8) is 0 Å². The highest BCUT2D eigenvalue weighted by Crippen LogP contribution is 2.33. The number of fused-ring (bicyclic) bond motifs is 4. The Bertz CT molecular complexity index is 1490. The molecule has 0 saturated carbocycles. The van der Waals surface area contributed by atoms with E-state index in [9.17, 15) is 9.59 Å². The van der Waals surface area contributed by atoms with Gasteiger partial charge >= 0.3 is 0 Å². The third-order valence-electron chi connectivity index (χ3n) is 6.86. The fraction of sp³-hybridized carbons (Fsp3) is 0.320. The van der Waals surface area contributed by atoms with Gasteiger partial charge in [0.05, 0.1) is 17.2 Å². The quantitative estimate of drug-likeness (QED) is 0.435. The third-order valence-corrected chi connectivity index (χ3v) is 7.09. The lowest BCUT2D eigenvalue weighted by molar-refractivity contribution is 0.0835. The zero-order valence-electron chi connectivity index (χ0n) is 18.6. The summed E-state index contributed by atoms with van der Waals surface area (Å²) in [7, 11) is 0. The van der Waals surface area contributed by atoms with Crippen molar-refractivity contribution in [2.45, 2.75) is 32.1 Å². The van der Waals surface area contributed by atoms with E-state index >= 15 is 0 Å². The van der Waals surface area contributed by atoms with E-state index in [-0.39, 0.29) is 29.8 Å². The summed E-state index contributed by atoms with van der Waals surface area (Å²) in [5.41, 5.74) is 5.16. The normalized spacial score (nSPS) is 16.1. The fourth-order valence-electron chi connectivity index (χ4n) is 5.13. The minimum Gasteiger partial charge on any atom is -0.381 e. The number of aromatic amines is 1. The highest BCUT2D eigenvalue weighted by atomic mass is 35.5. The molecule has 9 heteroatoms. The van der Waals surface area contributed by atoms with Crippen LogP contribution in [0.15, 0.2) is 41.3 Å². The predicted octanol–water partition coefficient (Wildman–Crippen LogP) is 4.66. The van der Waals surface area contributed by atoms with Gasteiger partial charge in [0.2, 0.25) is 0 Å². The van der Waals surface area contributed by atoms with Crippen molar-refractivity contribution >= 4 is 52.2 Å². The Morgan fingerprint density at radius 2 is 1.97 bits per heavy atom. The van der Waals surface area contributed by atoms with Crippen LogP contribution in [0.25, 0.3) is 16.6 Å². The van der Waals surface area contributed by atoms with Crippen molar-refractivity contribution in [1.82, 2.24) is 14.4 Å². The number of ether oxygens (including phenoxy) is 1. The number of amides is 1. The Balaban J connectivity index is 0.00000241. The Hall–Kier alpha value is -2.87. The number of halogens is 2. The second-order valence-corrected chi connectivity index (χ2v) is 9.28. The van der Waals surface area contributed by atoms with Crippen molar-refractivity contribution in [2.75, 3.05) is 24.7 Å². The van der Waals surface area contributed by atoms with Gasteiger partial charge in [0.1, 0.15) is 11.3 Å². The van der Waals surface area contributed by atoms with Crippen LogP contribution in [0.5, 0.6) is 0 Å². The van der Waals surface area contributed by atoms with Gasteiger partial charge in [-0.05, 0) is 61.6 Å². The van der Waals surface area contributed by atoms with Crippen LogP contribution >= 0.6 is 24.0 Å². The van der Waals surface area contributed by atoms with E-state index in [1.807, 2.05) is 35.6 Å². The minimum atomic E-state index is -0.214. The summed E-state index contributed by atoms with van der Waals surface area (Å²) in [5.74, 6) is 1.02. The van der Waals surface area contributed by atoms with E-state index in [1.54, 1.807) is 17.2 Å². The van der Waals surface area contributed by atoms with Gasteiger partial charge in [-0.2, -0.15) is 0 Å². The van der Waals surface area contributed by atoms with E-state index < -0.39 is 0 Å².